The van der Waals surface area contributed by atoms with Gasteiger partial charge in [-0.1, -0.05) is 0 Å². The minimum atomic E-state index is -0.203. The van der Waals surface area contributed by atoms with Crippen LogP contribution in [0.4, 0.5) is 11.6 Å². The average Bonchev–Trinajstić information content (AvgIpc) is 2.63. The maximum absolute atomic E-state index is 12.4. The van der Waals surface area contributed by atoms with Crippen LogP contribution in [0.1, 0.15) is 17.3 Å². The molecular weight excluding hydrogens is 318 g/mol. The van der Waals surface area contributed by atoms with Gasteiger partial charge in [-0.05, 0) is 38.2 Å². The Morgan fingerprint density at radius 3 is 2.56 bits per heavy atom. The first-order chi connectivity index (χ1) is 12.2. The van der Waals surface area contributed by atoms with Gasteiger partial charge >= 0.3 is 0 Å². The molecule has 0 unspecified atom stereocenters. The van der Waals surface area contributed by atoms with E-state index in [2.05, 4.69) is 32.1 Å². The van der Waals surface area contributed by atoms with E-state index in [-0.39, 0.29) is 5.91 Å². The van der Waals surface area contributed by atoms with Gasteiger partial charge in [-0.3, -0.25) is 4.79 Å². The molecule has 1 aliphatic heterocycles. The highest BCUT2D eigenvalue weighted by atomic mass is 16.5. The fourth-order valence-corrected chi connectivity index (χ4v) is 2.68. The Morgan fingerprint density at radius 1 is 1.16 bits per heavy atom. The van der Waals surface area contributed by atoms with Crippen molar-refractivity contribution in [2.24, 2.45) is 0 Å². The highest BCUT2D eigenvalue weighted by Gasteiger charge is 2.16. The normalized spacial score (nSPS) is 15.0. The smallest absolute Gasteiger partial charge is 0.256 e. The summed E-state index contributed by atoms with van der Waals surface area (Å²) in [6, 6.07) is 8.87. The van der Waals surface area contributed by atoms with Crippen LogP contribution in [0, 0.1) is 0 Å². The number of anilines is 2. The van der Waals surface area contributed by atoms with E-state index in [0.29, 0.717) is 18.0 Å². The predicted molar refractivity (Wildman–Crippen MR) is 97.3 cm³/mol. The van der Waals surface area contributed by atoms with Crippen LogP contribution in [0.25, 0.3) is 0 Å². The van der Waals surface area contributed by atoms with E-state index in [1.165, 1.54) is 6.33 Å². The number of amides is 1. The molecular formula is C18H23N5O2. The van der Waals surface area contributed by atoms with Gasteiger partial charge in [0.05, 0.1) is 6.61 Å². The fourth-order valence-electron chi connectivity index (χ4n) is 2.68. The topological polar surface area (TPSA) is 70.6 Å². The third kappa shape index (κ3) is 4.45. The summed E-state index contributed by atoms with van der Waals surface area (Å²) in [7, 11) is 2.11. The van der Waals surface area contributed by atoms with Gasteiger partial charge < -0.3 is 19.9 Å². The molecule has 1 amide bonds. The molecule has 1 aliphatic rings. The van der Waals surface area contributed by atoms with Gasteiger partial charge in [0.2, 0.25) is 0 Å². The van der Waals surface area contributed by atoms with Crippen molar-refractivity contribution in [1.82, 2.24) is 14.9 Å². The predicted octanol–water partition coefficient (Wildman–Crippen LogP) is 1.88. The summed E-state index contributed by atoms with van der Waals surface area (Å²) in [4.78, 5) is 25.4. The minimum absolute atomic E-state index is 0.203. The van der Waals surface area contributed by atoms with Crippen LogP contribution in [0.15, 0.2) is 36.7 Å². The summed E-state index contributed by atoms with van der Waals surface area (Å²) in [6.07, 6.45) is 1.49. The number of likely N-dealkylation sites (N-methyl/N-ethyl adjacent to an activating group) is 1. The number of carbonyl (C=O) groups excluding carboxylic acids is 1. The van der Waals surface area contributed by atoms with Gasteiger partial charge in [-0.2, -0.15) is 0 Å². The standard InChI is InChI=1S/C18H23N5O2/c1-3-25-15-6-4-14(5-7-15)18(24)21-16-12-17(20-13-19-16)23-10-8-22(2)9-11-23/h4-7,12-13H,3,8-11H2,1-2H3,(H,19,20,21,24). The molecule has 7 nitrogen and oxygen atoms in total. The van der Waals surface area contributed by atoms with Crippen molar-refractivity contribution in [3.63, 3.8) is 0 Å². The highest BCUT2D eigenvalue weighted by molar-refractivity contribution is 6.03. The van der Waals surface area contributed by atoms with Crippen LogP contribution in [0.2, 0.25) is 0 Å². The Kier molecular flexibility index (Phi) is 5.45. The summed E-state index contributed by atoms with van der Waals surface area (Å²) >= 11 is 0. The van der Waals surface area contributed by atoms with Crippen LogP contribution in [0.5, 0.6) is 5.75 Å². The number of hydrogen-bond acceptors (Lipinski definition) is 6. The number of ether oxygens (including phenoxy) is 1. The number of benzene rings is 1. The number of aromatic nitrogens is 2. The number of piperazine rings is 1. The zero-order chi connectivity index (χ0) is 17.6. The summed E-state index contributed by atoms with van der Waals surface area (Å²) in [6.45, 7) is 6.35. The first kappa shape index (κ1) is 17.2. The molecule has 1 N–H and O–H groups in total. The molecule has 1 fully saturated rings. The highest BCUT2D eigenvalue weighted by Crippen LogP contribution is 2.17. The van der Waals surface area contributed by atoms with Crippen molar-refractivity contribution in [2.45, 2.75) is 6.92 Å². The van der Waals surface area contributed by atoms with Gasteiger partial charge in [0.25, 0.3) is 5.91 Å². The second-order valence-corrected chi connectivity index (χ2v) is 5.96. The zero-order valence-corrected chi connectivity index (χ0v) is 14.6. The zero-order valence-electron chi connectivity index (χ0n) is 14.6. The van der Waals surface area contributed by atoms with Crippen LogP contribution < -0.4 is 15.0 Å². The lowest BCUT2D eigenvalue weighted by atomic mass is 10.2. The van der Waals surface area contributed by atoms with Crippen LogP contribution >= 0.6 is 0 Å². The molecule has 0 atom stereocenters. The maximum Gasteiger partial charge on any atom is 0.256 e. The molecule has 25 heavy (non-hydrogen) atoms. The summed E-state index contributed by atoms with van der Waals surface area (Å²) < 4.78 is 5.39. The lowest BCUT2D eigenvalue weighted by molar-refractivity contribution is 0.102. The Bertz CT molecular complexity index is 712. The van der Waals surface area contributed by atoms with Crippen LogP contribution in [-0.2, 0) is 0 Å². The summed E-state index contributed by atoms with van der Waals surface area (Å²) in [5.74, 6) is 1.89. The first-order valence-electron chi connectivity index (χ1n) is 8.45. The molecule has 2 heterocycles. The quantitative estimate of drug-likeness (QED) is 0.895. The molecule has 0 spiro atoms. The summed E-state index contributed by atoms with van der Waals surface area (Å²) in [5.41, 5.74) is 0.559. The molecule has 0 radical (unpaired) electrons. The monoisotopic (exact) mass is 341 g/mol. The van der Waals surface area contributed by atoms with Crippen molar-refractivity contribution in [3.8, 4) is 5.75 Å². The fraction of sp³-hybridized carbons (Fsp3) is 0.389. The number of rotatable bonds is 5. The maximum atomic E-state index is 12.4. The van der Waals surface area contributed by atoms with Crippen molar-refractivity contribution >= 4 is 17.5 Å². The van der Waals surface area contributed by atoms with Crippen LogP contribution in [-0.4, -0.2) is 60.6 Å². The van der Waals surface area contributed by atoms with E-state index in [0.717, 1.165) is 37.7 Å². The summed E-state index contributed by atoms with van der Waals surface area (Å²) in [5, 5.41) is 2.83. The Morgan fingerprint density at radius 2 is 1.88 bits per heavy atom. The Hall–Kier alpha value is -2.67. The van der Waals surface area contributed by atoms with Crippen molar-refractivity contribution < 1.29 is 9.53 Å². The number of hydrogen-bond donors (Lipinski definition) is 1. The van der Waals surface area contributed by atoms with Crippen molar-refractivity contribution in [2.75, 3.05) is 50.1 Å². The number of carbonyl (C=O) groups is 1. The van der Waals surface area contributed by atoms with E-state index in [9.17, 15) is 4.79 Å². The van der Waals surface area contributed by atoms with Gasteiger partial charge in [-0.25, -0.2) is 9.97 Å². The average molecular weight is 341 g/mol. The molecule has 1 aromatic heterocycles. The lowest BCUT2D eigenvalue weighted by Crippen LogP contribution is -2.44. The molecule has 7 heteroatoms. The second-order valence-electron chi connectivity index (χ2n) is 5.96. The first-order valence-corrected chi connectivity index (χ1v) is 8.45. The molecule has 0 saturated carbocycles. The van der Waals surface area contributed by atoms with E-state index in [1.54, 1.807) is 24.3 Å². The molecule has 1 saturated heterocycles. The third-order valence-corrected chi connectivity index (χ3v) is 4.15. The Balaban J connectivity index is 1.66. The van der Waals surface area contributed by atoms with Crippen LogP contribution in [0.3, 0.4) is 0 Å². The van der Waals surface area contributed by atoms with E-state index in [4.69, 9.17) is 4.74 Å². The lowest BCUT2D eigenvalue weighted by Gasteiger charge is -2.33. The molecule has 1 aromatic carbocycles. The minimum Gasteiger partial charge on any atom is -0.494 e. The van der Waals surface area contributed by atoms with Crippen molar-refractivity contribution in [3.05, 3.63) is 42.2 Å². The number of nitrogens with zero attached hydrogens (tertiary/aromatic N) is 4. The number of nitrogens with one attached hydrogen (secondary N) is 1. The van der Waals surface area contributed by atoms with Gasteiger partial charge in [0.15, 0.2) is 0 Å². The van der Waals surface area contributed by atoms with E-state index >= 15 is 0 Å². The van der Waals surface area contributed by atoms with Gasteiger partial charge in [0.1, 0.15) is 23.7 Å². The largest absolute Gasteiger partial charge is 0.494 e. The molecule has 0 bridgehead atoms. The molecule has 0 aliphatic carbocycles. The second kappa shape index (κ2) is 7.94. The SMILES string of the molecule is CCOc1ccc(C(=O)Nc2cc(N3CCN(C)CC3)ncn2)cc1. The van der Waals surface area contributed by atoms with Gasteiger partial charge in [0, 0.05) is 37.8 Å². The molecule has 3 rings (SSSR count). The van der Waals surface area contributed by atoms with Crippen molar-refractivity contribution in [1.29, 1.82) is 0 Å². The molecule has 132 valence electrons. The van der Waals surface area contributed by atoms with E-state index in [1.807, 2.05) is 13.0 Å². The van der Waals surface area contributed by atoms with Gasteiger partial charge in [-0.15, -0.1) is 0 Å². The van der Waals surface area contributed by atoms with E-state index < -0.39 is 0 Å². The Labute approximate surface area is 147 Å². The molecule has 2 aromatic rings. The third-order valence-electron chi connectivity index (χ3n) is 4.15.